The van der Waals surface area contributed by atoms with Crippen LogP contribution in [0.2, 0.25) is 0 Å². The van der Waals surface area contributed by atoms with Crippen LogP contribution in [0.3, 0.4) is 0 Å². The van der Waals surface area contributed by atoms with Crippen molar-refractivity contribution in [3.63, 3.8) is 0 Å². The fourth-order valence-electron chi connectivity index (χ4n) is 1.88. The van der Waals surface area contributed by atoms with Crippen molar-refractivity contribution in [2.75, 3.05) is 20.3 Å². The van der Waals surface area contributed by atoms with E-state index in [1.807, 2.05) is 0 Å². The van der Waals surface area contributed by atoms with Crippen molar-refractivity contribution in [2.45, 2.75) is 31.7 Å². The van der Waals surface area contributed by atoms with Crippen LogP contribution < -0.4 is 10.6 Å². The Hall–Kier alpha value is -1.56. The molecule has 6 heteroatoms. The summed E-state index contributed by atoms with van der Waals surface area (Å²) in [5, 5.41) is 14.1. The Balaban J connectivity index is 2.30. The molecule has 1 aliphatic rings. The molecule has 0 aromatic carbocycles. The zero-order chi connectivity index (χ0) is 14.3. The van der Waals surface area contributed by atoms with Gasteiger partial charge in [-0.2, -0.15) is 0 Å². The molecule has 1 aliphatic carbocycles. The fraction of sp³-hybridized carbons (Fsp3) is 0.692. The van der Waals surface area contributed by atoms with Gasteiger partial charge in [-0.3, -0.25) is 0 Å². The molecule has 0 aromatic heterocycles. The topological polar surface area (TPSA) is 87.7 Å². The van der Waals surface area contributed by atoms with Gasteiger partial charge in [-0.1, -0.05) is 6.08 Å². The molecule has 108 valence electrons. The van der Waals surface area contributed by atoms with E-state index in [2.05, 4.69) is 17.2 Å². The fourth-order valence-corrected chi connectivity index (χ4v) is 1.88. The molecule has 1 unspecified atom stereocenters. The lowest BCUT2D eigenvalue weighted by Gasteiger charge is -2.17. The van der Waals surface area contributed by atoms with Crippen LogP contribution in [0.25, 0.3) is 0 Å². The smallest absolute Gasteiger partial charge is 0.326 e. The van der Waals surface area contributed by atoms with Crippen molar-refractivity contribution in [3.8, 4) is 0 Å². The van der Waals surface area contributed by atoms with Gasteiger partial charge < -0.3 is 20.5 Å². The van der Waals surface area contributed by atoms with Crippen molar-refractivity contribution in [1.29, 1.82) is 0 Å². The summed E-state index contributed by atoms with van der Waals surface area (Å²) in [6.07, 6.45) is 4.74. The first kappa shape index (κ1) is 15.5. The number of rotatable bonds is 9. The monoisotopic (exact) mass is 270 g/mol. The number of carbonyl (C=O) groups is 2. The van der Waals surface area contributed by atoms with Gasteiger partial charge in [0.2, 0.25) is 0 Å². The Bertz CT molecular complexity index is 340. The Morgan fingerprint density at radius 2 is 2.21 bits per heavy atom. The average Bonchev–Trinajstić information content (AvgIpc) is 3.14. The van der Waals surface area contributed by atoms with Crippen LogP contribution in [0.15, 0.2) is 12.7 Å². The highest BCUT2D eigenvalue weighted by Crippen LogP contribution is 2.48. The predicted molar refractivity (Wildman–Crippen MR) is 70.9 cm³/mol. The summed E-state index contributed by atoms with van der Waals surface area (Å²) in [6.45, 7) is 4.71. The van der Waals surface area contributed by atoms with Crippen LogP contribution in [-0.4, -0.2) is 43.4 Å². The van der Waals surface area contributed by atoms with Gasteiger partial charge >= 0.3 is 12.0 Å². The number of urea groups is 1. The first-order valence-electron chi connectivity index (χ1n) is 6.40. The molecule has 2 amide bonds. The number of carboxylic acid groups (broad SMARTS) is 1. The molecule has 1 fully saturated rings. The quantitative estimate of drug-likeness (QED) is 0.548. The van der Waals surface area contributed by atoms with Crippen LogP contribution in [0.4, 0.5) is 4.79 Å². The third-order valence-electron chi connectivity index (χ3n) is 3.42. The minimum Gasteiger partial charge on any atom is -0.480 e. The molecule has 0 bridgehead atoms. The summed E-state index contributed by atoms with van der Waals surface area (Å²) in [7, 11) is 1.66. The maximum absolute atomic E-state index is 11.6. The molecule has 0 aliphatic heterocycles. The Kier molecular flexibility index (Phi) is 5.82. The third-order valence-corrected chi connectivity index (χ3v) is 3.42. The van der Waals surface area contributed by atoms with Gasteiger partial charge in [0.15, 0.2) is 0 Å². The number of methoxy groups -OCH3 is 1. The highest BCUT2D eigenvalue weighted by atomic mass is 16.5. The second kappa shape index (κ2) is 7.13. The molecule has 1 saturated carbocycles. The zero-order valence-corrected chi connectivity index (χ0v) is 11.3. The summed E-state index contributed by atoms with van der Waals surface area (Å²) < 4.78 is 5.04. The molecule has 0 radical (unpaired) electrons. The maximum atomic E-state index is 11.6. The number of ether oxygens (including phenoxy) is 1. The largest absolute Gasteiger partial charge is 0.480 e. The molecule has 19 heavy (non-hydrogen) atoms. The summed E-state index contributed by atoms with van der Waals surface area (Å²) in [5.41, 5.74) is 0.143. The van der Waals surface area contributed by atoms with Crippen molar-refractivity contribution in [3.05, 3.63) is 12.7 Å². The van der Waals surface area contributed by atoms with Crippen molar-refractivity contribution in [2.24, 2.45) is 5.41 Å². The minimum absolute atomic E-state index is 0.143. The molecule has 1 atom stereocenters. The Morgan fingerprint density at radius 1 is 1.53 bits per heavy atom. The highest BCUT2D eigenvalue weighted by molar-refractivity contribution is 5.82. The van der Waals surface area contributed by atoms with E-state index in [9.17, 15) is 9.59 Å². The van der Waals surface area contributed by atoms with Crippen molar-refractivity contribution in [1.82, 2.24) is 10.6 Å². The summed E-state index contributed by atoms with van der Waals surface area (Å²) in [5.74, 6) is -1.06. The first-order valence-corrected chi connectivity index (χ1v) is 6.40. The third kappa shape index (κ3) is 5.30. The van der Waals surface area contributed by atoms with Crippen molar-refractivity contribution >= 4 is 12.0 Å². The first-order chi connectivity index (χ1) is 9.03. The highest BCUT2D eigenvalue weighted by Gasteiger charge is 2.42. The van der Waals surface area contributed by atoms with Crippen LogP contribution in [0.5, 0.6) is 0 Å². The average molecular weight is 270 g/mol. The summed E-state index contributed by atoms with van der Waals surface area (Å²) in [6, 6.07) is -1.37. The van der Waals surface area contributed by atoms with Crippen LogP contribution >= 0.6 is 0 Å². The van der Waals surface area contributed by atoms with E-state index in [-0.39, 0.29) is 11.8 Å². The van der Waals surface area contributed by atoms with Gasteiger partial charge in [0, 0.05) is 20.3 Å². The number of hydrogen-bond donors (Lipinski definition) is 3. The number of nitrogens with one attached hydrogen (secondary N) is 2. The van der Waals surface area contributed by atoms with Gasteiger partial charge in [0.25, 0.3) is 0 Å². The van der Waals surface area contributed by atoms with E-state index in [0.717, 1.165) is 19.3 Å². The molecule has 0 saturated heterocycles. The van der Waals surface area contributed by atoms with Crippen LogP contribution in [0.1, 0.15) is 25.7 Å². The molecular weight excluding hydrogens is 248 g/mol. The molecule has 0 aromatic rings. The van der Waals surface area contributed by atoms with Crippen molar-refractivity contribution < 1.29 is 19.4 Å². The van der Waals surface area contributed by atoms with E-state index in [4.69, 9.17) is 9.84 Å². The van der Waals surface area contributed by atoms with E-state index in [0.29, 0.717) is 13.2 Å². The standard InChI is InChI=1S/C13H22N2O4/c1-3-4-10(11(16)17)15-12(18)14-9-13(5-6-13)7-8-19-2/h3,10H,1,4-9H2,2H3,(H,16,17)(H2,14,15,18). The second-order valence-electron chi connectivity index (χ2n) is 4.99. The van der Waals surface area contributed by atoms with Gasteiger partial charge in [-0.05, 0) is 31.1 Å². The Morgan fingerprint density at radius 3 is 2.68 bits per heavy atom. The minimum atomic E-state index is -1.06. The lowest BCUT2D eigenvalue weighted by atomic mass is 10.0. The zero-order valence-electron chi connectivity index (χ0n) is 11.3. The van der Waals surface area contributed by atoms with E-state index in [1.54, 1.807) is 7.11 Å². The predicted octanol–water partition coefficient (Wildman–Crippen LogP) is 1.13. The molecule has 1 rings (SSSR count). The number of aliphatic carboxylic acids is 1. The lowest BCUT2D eigenvalue weighted by Crippen LogP contribution is -2.47. The summed E-state index contributed by atoms with van der Waals surface area (Å²) in [4.78, 5) is 22.5. The number of carboxylic acids is 1. The van der Waals surface area contributed by atoms with Crippen LogP contribution in [0, 0.1) is 5.41 Å². The van der Waals surface area contributed by atoms with E-state index in [1.165, 1.54) is 6.08 Å². The van der Waals surface area contributed by atoms with Gasteiger partial charge in [0.05, 0.1) is 0 Å². The van der Waals surface area contributed by atoms with Gasteiger partial charge in [0.1, 0.15) is 6.04 Å². The van der Waals surface area contributed by atoms with Gasteiger partial charge in [-0.25, -0.2) is 9.59 Å². The number of amides is 2. The molecule has 0 heterocycles. The molecule has 0 spiro atoms. The van der Waals surface area contributed by atoms with Crippen LogP contribution in [-0.2, 0) is 9.53 Å². The lowest BCUT2D eigenvalue weighted by molar-refractivity contribution is -0.139. The maximum Gasteiger partial charge on any atom is 0.326 e. The number of carbonyl (C=O) groups excluding carboxylic acids is 1. The SMILES string of the molecule is C=CCC(NC(=O)NCC1(CCOC)CC1)C(=O)O. The molecule has 6 nitrogen and oxygen atoms in total. The van der Waals surface area contributed by atoms with E-state index < -0.39 is 18.0 Å². The van der Waals surface area contributed by atoms with Gasteiger partial charge in [-0.15, -0.1) is 6.58 Å². The molecule has 3 N–H and O–H groups in total. The Labute approximate surface area is 113 Å². The molecular formula is C13H22N2O4. The number of hydrogen-bond acceptors (Lipinski definition) is 3. The second-order valence-corrected chi connectivity index (χ2v) is 4.99. The van der Waals surface area contributed by atoms with E-state index >= 15 is 0 Å². The summed E-state index contributed by atoms with van der Waals surface area (Å²) >= 11 is 0. The normalized spacial score (nSPS) is 17.3.